The van der Waals surface area contributed by atoms with Crippen molar-refractivity contribution in [2.24, 2.45) is 0 Å². The second-order valence-corrected chi connectivity index (χ2v) is 7.26. The van der Waals surface area contributed by atoms with Crippen LogP contribution in [0, 0.1) is 6.92 Å². The Hall–Kier alpha value is -2.71. The topological polar surface area (TPSA) is 17.1 Å². The molecule has 0 aliphatic rings. The first kappa shape index (κ1) is 13.7. The fourth-order valence-corrected chi connectivity index (χ4v) is 4.86. The van der Waals surface area contributed by atoms with Gasteiger partial charge in [0, 0.05) is 30.9 Å². The van der Waals surface area contributed by atoms with Crippen molar-refractivity contribution in [1.29, 1.82) is 0 Å². The summed E-state index contributed by atoms with van der Waals surface area (Å²) in [5.41, 5.74) is 1.33. The van der Waals surface area contributed by atoms with E-state index in [1.54, 1.807) is 11.3 Å². The Morgan fingerprint density at radius 1 is 0.708 bits per heavy atom. The average Bonchev–Trinajstić information content (AvgIpc) is 2.61. The van der Waals surface area contributed by atoms with Gasteiger partial charge in [-0.3, -0.25) is 4.79 Å². The molecule has 0 aliphatic heterocycles. The van der Waals surface area contributed by atoms with E-state index in [9.17, 15) is 4.79 Å². The van der Waals surface area contributed by atoms with Crippen molar-refractivity contribution in [3.05, 3.63) is 82.5 Å². The highest BCUT2D eigenvalue weighted by Gasteiger charge is 2.10. The third kappa shape index (κ3) is 1.78. The average molecular weight is 326 g/mol. The zero-order valence-corrected chi connectivity index (χ0v) is 14.0. The Bertz CT molecular complexity index is 1320. The van der Waals surface area contributed by atoms with E-state index in [0.717, 1.165) is 37.0 Å². The lowest BCUT2D eigenvalue weighted by Crippen LogP contribution is -2.01. The quantitative estimate of drug-likeness (QED) is 0.339. The Morgan fingerprint density at radius 3 is 2.08 bits per heavy atom. The Morgan fingerprint density at radius 2 is 1.33 bits per heavy atom. The third-order valence-corrected chi connectivity index (χ3v) is 6.05. The van der Waals surface area contributed by atoms with E-state index in [1.807, 2.05) is 24.3 Å². The molecule has 24 heavy (non-hydrogen) atoms. The lowest BCUT2D eigenvalue weighted by Gasteiger charge is -2.08. The molecule has 0 aliphatic carbocycles. The van der Waals surface area contributed by atoms with Crippen molar-refractivity contribution in [1.82, 2.24) is 0 Å². The molecule has 2 heteroatoms. The summed E-state index contributed by atoms with van der Waals surface area (Å²) in [5, 5.41) is 6.01. The summed E-state index contributed by atoms with van der Waals surface area (Å²) in [7, 11) is 0. The molecule has 1 aromatic heterocycles. The van der Waals surface area contributed by atoms with Crippen LogP contribution < -0.4 is 5.43 Å². The van der Waals surface area contributed by atoms with Gasteiger partial charge in [0.1, 0.15) is 0 Å². The Kier molecular flexibility index (Phi) is 2.79. The van der Waals surface area contributed by atoms with Crippen LogP contribution in [-0.2, 0) is 0 Å². The predicted molar refractivity (Wildman–Crippen MR) is 105 cm³/mol. The zero-order valence-electron chi connectivity index (χ0n) is 13.2. The molecule has 0 spiro atoms. The minimum absolute atomic E-state index is 0.116. The lowest BCUT2D eigenvalue weighted by molar-refractivity contribution is 1.57. The third-order valence-electron chi connectivity index (χ3n) is 4.76. The van der Waals surface area contributed by atoms with Crippen LogP contribution in [0.2, 0.25) is 0 Å². The zero-order chi connectivity index (χ0) is 16.3. The first-order chi connectivity index (χ1) is 11.7. The van der Waals surface area contributed by atoms with E-state index in [1.165, 1.54) is 10.3 Å². The molecule has 5 aromatic rings. The van der Waals surface area contributed by atoms with Crippen LogP contribution in [-0.4, -0.2) is 0 Å². The van der Waals surface area contributed by atoms with Crippen molar-refractivity contribution >= 4 is 53.1 Å². The summed E-state index contributed by atoms with van der Waals surface area (Å²) in [6.07, 6.45) is 0. The van der Waals surface area contributed by atoms with Gasteiger partial charge in [0.05, 0.1) is 0 Å². The van der Waals surface area contributed by atoms with Gasteiger partial charge in [-0.25, -0.2) is 0 Å². The predicted octanol–water partition coefficient (Wildman–Crippen LogP) is 6.03. The van der Waals surface area contributed by atoms with Crippen LogP contribution >= 0.6 is 11.3 Å². The van der Waals surface area contributed by atoms with E-state index in [4.69, 9.17) is 0 Å². The second kappa shape index (κ2) is 4.89. The van der Waals surface area contributed by atoms with Gasteiger partial charge in [-0.2, -0.15) is 0 Å². The maximum absolute atomic E-state index is 13.4. The molecule has 0 fully saturated rings. The van der Waals surface area contributed by atoms with E-state index >= 15 is 0 Å². The minimum atomic E-state index is 0.116. The monoisotopic (exact) mass is 326 g/mol. The van der Waals surface area contributed by atoms with Crippen LogP contribution in [0.1, 0.15) is 5.56 Å². The standard InChI is InChI=1S/C22H14OS/c1-13-11-12-15-6-3-9-17-20(15)22(13)24-18-10-4-7-14-5-2-8-16(19(14)18)21(17)23/h2-12H,1H3. The molecule has 0 amide bonds. The summed E-state index contributed by atoms with van der Waals surface area (Å²) in [6.45, 7) is 2.12. The summed E-state index contributed by atoms with van der Waals surface area (Å²) in [5.74, 6) is 0. The number of hydrogen-bond acceptors (Lipinski definition) is 2. The highest BCUT2D eigenvalue weighted by atomic mass is 32.1. The molecule has 1 nitrogen and oxygen atoms in total. The molecule has 0 unspecified atom stereocenters. The van der Waals surface area contributed by atoms with Crippen LogP contribution in [0.4, 0.5) is 0 Å². The molecule has 0 N–H and O–H groups in total. The fraction of sp³-hybridized carbons (Fsp3) is 0.0455. The normalized spacial score (nSPS) is 11.7. The highest BCUT2D eigenvalue weighted by molar-refractivity contribution is 7.24. The molecule has 0 atom stereocenters. The Balaban J connectivity index is 2.29. The number of benzene rings is 4. The lowest BCUT2D eigenvalue weighted by atomic mass is 10.0. The first-order valence-corrected chi connectivity index (χ1v) is 8.82. The largest absolute Gasteiger partial charge is 0.289 e. The fourth-order valence-electron chi connectivity index (χ4n) is 3.61. The maximum Gasteiger partial charge on any atom is 0.194 e. The van der Waals surface area contributed by atoms with E-state index in [2.05, 4.69) is 49.4 Å². The molecule has 1 heterocycles. The van der Waals surface area contributed by atoms with Gasteiger partial charge in [-0.05, 0) is 29.3 Å². The molecule has 0 bridgehead atoms. The van der Waals surface area contributed by atoms with Crippen LogP contribution in [0.5, 0.6) is 0 Å². The number of aryl methyl sites for hydroxylation is 1. The van der Waals surface area contributed by atoms with Crippen LogP contribution in [0.25, 0.3) is 41.7 Å². The van der Waals surface area contributed by atoms with E-state index in [-0.39, 0.29) is 5.43 Å². The SMILES string of the molecule is Cc1ccc2cccc3c(=O)c4cccc5cccc(sc1c23)c54. The smallest absolute Gasteiger partial charge is 0.194 e. The van der Waals surface area contributed by atoms with E-state index in [0.29, 0.717) is 0 Å². The first-order valence-electron chi connectivity index (χ1n) is 8.01. The molecule has 4 aromatic carbocycles. The van der Waals surface area contributed by atoms with Gasteiger partial charge in [-0.15, -0.1) is 11.3 Å². The summed E-state index contributed by atoms with van der Waals surface area (Å²) < 4.78 is 2.35. The van der Waals surface area contributed by atoms with Gasteiger partial charge in [0.15, 0.2) is 5.43 Å². The number of hydrogen-bond donors (Lipinski definition) is 0. The minimum Gasteiger partial charge on any atom is -0.289 e. The molecule has 0 saturated heterocycles. The van der Waals surface area contributed by atoms with Crippen molar-refractivity contribution in [2.45, 2.75) is 6.92 Å². The van der Waals surface area contributed by atoms with Gasteiger partial charge in [-0.1, -0.05) is 60.7 Å². The summed E-state index contributed by atoms with van der Waals surface area (Å²) in [4.78, 5) is 13.4. The molecular formula is C22H14OS. The molecule has 0 saturated carbocycles. The summed E-state index contributed by atoms with van der Waals surface area (Å²) in [6, 6.07) is 22.6. The van der Waals surface area contributed by atoms with Crippen LogP contribution in [0.3, 0.4) is 0 Å². The van der Waals surface area contributed by atoms with Gasteiger partial charge >= 0.3 is 0 Å². The number of rotatable bonds is 0. The highest BCUT2D eigenvalue weighted by Crippen LogP contribution is 2.34. The second-order valence-electron chi connectivity index (χ2n) is 6.21. The van der Waals surface area contributed by atoms with Crippen molar-refractivity contribution in [3.8, 4) is 0 Å². The molecule has 114 valence electrons. The van der Waals surface area contributed by atoms with Gasteiger partial charge < -0.3 is 0 Å². The Labute approximate surface area is 142 Å². The van der Waals surface area contributed by atoms with Gasteiger partial charge in [0.25, 0.3) is 0 Å². The van der Waals surface area contributed by atoms with Crippen molar-refractivity contribution < 1.29 is 0 Å². The van der Waals surface area contributed by atoms with Crippen molar-refractivity contribution in [3.63, 3.8) is 0 Å². The van der Waals surface area contributed by atoms with Crippen LogP contribution in [0.15, 0.2) is 71.5 Å². The maximum atomic E-state index is 13.4. The summed E-state index contributed by atoms with van der Waals surface area (Å²) >= 11 is 1.78. The van der Waals surface area contributed by atoms with Gasteiger partial charge in [0.2, 0.25) is 0 Å². The molecule has 5 rings (SSSR count). The molecular weight excluding hydrogens is 312 g/mol. The van der Waals surface area contributed by atoms with Crippen molar-refractivity contribution in [2.75, 3.05) is 0 Å². The van der Waals surface area contributed by atoms with E-state index < -0.39 is 0 Å². The molecule has 0 radical (unpaired) electrons.